The van der Waals surface area contributed by atoms with Crippen LogP contribution in [0.3, 0.4) is 0 Å². The summed E-state index contributed by atoms with van der Waals surface area (Å²) in [5.74, 6) is -1.77. The van der Waals surface area contributed by atoms with Crippen LogP contribution in [-0.2, 0) is 4.79 Å². The summed E-state index contributed by atoms with van der Waals surface area (Å²) in [6.45, 7) is 2.07. The average molecular weight is 369 g/mol. The molecule has 2 fully saturated rings. The van der Waals surface area contributed by atoms with Crippen molar-refractivity contribution < 1.29 is 14.4 Å². The van der Waals surface area contributed by atoms with Crippen molar-refractivity contribution in [2.45, 2.75) is 44.2 Å². The molecular formula is C17H22ClFN4O2. The third-order valence-corrected chi connectivity index (χ3v) is 5.16. The van der Waals surface area contributed by atoms with Crippen molar-refractivity contribution in [3.05, 3.63) is 28.7 Å². The van der Waals surface area contributed by atoms with E-state index in [1.54, 1.807) is 0 Å². The van der Waals surface area contributed by atoms with E-state index in [1.807, 2.05) is 0 Å². The van der Waals surface area contributed by atoms with E-state index in [9.17, 15) is 9.18 Å². The number of hydrogen-bond donors (Lipinski definition) is 3. The second-order valence-electron chi connectivity index (χ2n) is 6.60. The Bertz CT molecular complexity index is 664. The van der Waals surface area contributed by atoms with Gasteiger partial charge >= 0.3 is 5.91 Å². The summed E-state index contributed by atoms with van der Waals surface area (Å²) in [6.07, 6.45) is 8.67. The number of rotatable bonds is 5. The Morgan fingerprint density at radius 3 is 2.84 bits per heavy atom. The minimum Gasteiger partial charge on any atom is -0.365 e. The van der Waals surface area contributed by atoms with E-state index in [2.05, 4.69) is 15.2 Å². The minimum absolute atomic E-state index is 0.295. The number of nitrogens with zero attached hydrogens (tertiary/aromatic N) is 2. The lowest BCUT2D eigenvalue weighted by Gasteiger charge is -2.23. The van der Waals surface area contributed by atoms with Crippen LogP contribution in [-0.4, -0.2) is 46.2 Å². The summed E-state index contributed by atoms with van der Waals surface area (Å²) in [6, 6.07) is 2.54. The Balaban J connectivity index is 1.61. The molecule has 3 N–H and O–H groups in total. The SMILES string of the molecule is O=C(NO)/C(F)=C\c1cnc(N[C@@H]2CCN(C3CCCC3)C2)c(Cl)c1. The molecule has 1 atom stereocenters. The maximum atomic E-state index is 13.4. The molecule has 1 amide bonds. The Morgan fingerprint density at radius 1 is 1.40 bits per heavy atom. The van der Waals surface area contributed by atoms with Gasteiger partial charge in [-0.05, 0) is 37.0 Å². The summed E-state index contributed by atoms with van der Waals surface area (Å²) in [5.41, 5.74) is 1.58. The fourth-order valence-electron chi connectivity index (χ4n) is 3.60. The van der Waals surface area contributed by atoms with E-state index in [4.69, 9.17) is 16.8 Å². The highest BCUT2D eigenvalue weighted by Gasteiger charge is 2.30. The third-order valence-electron chi connectivity index (χ3n) is 4.88. The zero-order chi connectivity index (χ0) is 17.8. The van der Waals surface area contributed by atoms with Crippen LogP contribution in [0.1, 0.15) is 37.7 Å². The predicted molar refractivity (Wildman–Crippen MR) is 94.1 cm³/mol. The lowest BCUT2D eigenvalue weighted by atomic mass is 10.2. The smallest absolute Gasteiger partial charge is 0.303 e. The number of amides is 1. The monoisotopic (exact) mass is 368 g/mol. The summed E-state index contributed by atoms with van der Waals surface area (Å²) < 4.78 is 13.4. The first kappa shape index (κ1) is 18.1. The van der Waals surface area contributed by atoms with Crippen LogP contribution < -0.4 is 10.8 Å². The molecule has 2 heterocycles. The summed E-state index contributed by atoms with van der Waals surface area (Å²) in [5, 5.41) is 12.1. The number of nitrogens with one attached hydrogen (secondary N) is 2. The number of aromatic nitrogens is 1. The highest BCUT2D eigenvalue weighted by Crippen LogP contribution is 2.29. The second kappa shape index (κ2) is 8.12. The van der Waals surface area contributed by atoms with Crippen molar-refractivity contribution in [2.75, 3.05) is 18.4 Å². The fourth-order valence-corrected chi connectivity index (χ4v) is 3.83. The number of likely N-dealkylation sites (tertiary alicyclic amines) is 1. The third kappa shape index (κ3) is 4.48. The van der Waals surface area contributed by atoms with Gasteiger partial charge in [0.2, 0.25) is 0 Å². The maximum absolute atomic E-state index is 13.4. The molecule has 0 spiro atoms. The van der Waals surface area contributed by atoms with Gasteiger partial charge in [0.1, 0.15) is 5.82 Å². The zero-order valence-corrected chi connectivity index (χ0v) is 14.6. The Morgan fingerprint density at radius 2 is 2.16 bits per heavy atom. The minimum atomic E-state index is -1.21. The van der Waals surface area contributed by atoms with Gasteiger partial charge in [0.05, 0.1) is 5.02 Å². The number of halogens is 2. The molecule has 0 unspecified atom stereocenters. The van der Waals surface area contributed by atoms with Crippen molar-refractivity contribution in [3.63, 3.8) is 0 Å². The van der Waals surface area contributed by atoms with E-state index in [0.29, 0.717) is 28.5 Å². The highest BCUT2D eigenvalue weighted by molar-refractivity contribution is 6.33. The first-order valence-electron chi connectivity index (χ1n) is 8.54. The summed E-state index contributed by atoms with van der Waals surface area (Å²) >= 11 is 6.23. The molecule has 3 rings (SSSR count). The molecule has 1 aromatic rings. The first-order chi connectivity index (χ1) is 12.1. The molecule has 0 radical (unpaired) electrons. The van der Waals surface area contributed by atoms with E-state index < -0.39 is 11.7 Å². The van der Waals surface area contributed by atoms with E-state index >= 15 is 0 Å². The zero-order valence-electron chi connectivity index (χ0n) is 13.8. The Kier molecular flexibility index (Phi) is 5.88. The number of pyridine rings is 1. The van der Waals surface area contributed by atoms with Crippen molar-refractivity contribution >= 4 is 29.4 Å². The molecule has 1 saturated carbocycles. The molecule has 6 nitrogen and oxygen atoms in total. The Hall–Kier alpha value is -1.70. The van der Waals surface area contributed by atoms with Gasteiger partial charge in [-0.15, -0.1) is 0 Å². The summed E-state index contributed by atoms with van der Waals surface area (Å²) in [4.78, 5) is 17.7. The van der Waals surface area contributed by atoms with Crippen LogP contribution in [0.2, 0.25) is 5.02 Å². The first-order valence-corrected chi connectivity index (χ1v) is 8.92. The number of anilines is 1. The maximum Gasteiger partial charge on any atom is 0.303 e. The van der Waals surface area contributed by atoms with Crippen LogP contribution >= 0.6 is 11.6 Å². The van der Waals surface area contributed by atoms with Crippen LogP contribution in [0.15, 0.2) is 18.1 Å². The van der Waals surface area contributed by atoms with Gasteiger partial charge in [0, 0.05) is 31.4 Å². The molecule has 1 aliphatic heterocycles. The van der Waals surface area contributed by atoms with Gasteiger partial charge in [-0.25, -0.2) is 14.9 Å². The molecule has 8 heteroatoms. The normalized spacial score (nSPS) is 22.4. The van der Waals surface area contributed by atoms with Crippen LogP contribution in [0.25, 0.3) is 6.08 Å². The van der Waals surface area contributed by atoms with E-state index in [-0.39, 0.29) is 0 Å². The molecular weight excluding hydrogens is 347 g/mol. The largest absolute Gasteiger partial charge is 0.365 e. The molecule has 0 bridgehead atoms. The molecule has 2 aliphatic rings. The molecule has 0 aromatic carbocycles. The van der Waals surface area contributed by atoms with Crippen LogP contribution in [0.4, 0.5) is 10.2 Å². The lowest BCUT2D eigenvalue weighted by Crippen LogP contribution is -2.33. The molecule has 1 aromatic heterocycles. The molecule has 1 saturated heterocycles. The van der Waals surface area contributed by atoms with Gasteiger partial charge in [0.15, 0.2) is 5.83 Å². The van der Waals surface area contributed by atoms with Crippen molar-refractivity contribution in [3.8, 4) is 0 Å². The van der Waals surface area contributed by atoms with Crippen molar-refractivity contribution in [1.82, 2.24) is 15.4 Å². The van der Waals surface area contributed by atoms with E-state index in [0.717, 1.165) is 25.6 Å². The number of hydrogen-bond acceptors (Lipinski definition) is 5. The molecule has 136 valence electrons. The number of carbonyl (C=O) groups is 1. The number of carbonyl (C=O) groups excluding carboxylic acids is 1. The van der Waals surface area contributed by atoms with Gasteiger partial charge in [-0.1, -0.05) is 24.4 Å². The topological polar surface area (TPSA) is 77.5 Å². The molecule has 25 heavy (non-hydrogen) atoms. The van der Waals surface area contributed by atoms with E-state index in [1.165, 1.54) is 43.4 Å². The molecule has 1 aliphatic carbocycles. The predicted octanol–water partition coefficient (Wildman–Crippen LogP) is 2.98. The van der Waals surface area contributed by atoms with Crippen molar-refractivity contribution in [1.29, 1.82) is 0 Å². The quantitative estimate of drug-likeness (QED) is 0.423. The lowest BCUT2D eigenvalue weighted by molar-refractivity contribution is -0.126. The summed E-state index contributed by atoms with van der Waals surface area (Å²) in [7, 11) is 0. The standard InChI is InChI=1S/C17H22ClFN4O2/c18-14-7-11(8-15(19)17(24)22-25)9-20-16(14)21-12-5-6-23(10-12)13-3-1-2-4-13/h7-9,12-13,25H,1-6,10H2,(H,20,21)(H,22,24)/b15-8+/t12-/m1/s1. The van der Waals surface area contributed by atoms with Crippen LogP contribution in [0, 0.1) is 0 Å². The van der Waals surface area contributed by atoms with Crippen molar-refractivity contribution in [2.24, 2.45) is 0 Å². The van der Waals surface area contributed by atoms with Gasteiger partial charge in [-0.3, -0.25) is 14.9 Å². The Labute approximate surface area is 151 Å². The average Bonchev–Trinajstić information content (AvgIpc) is 3.27. The van der Waals surface area contributed by atoms with Gasteiger partial charge in [0.25, 0.3) is 0 Å². The van der Waals surface area contributed by atoms with Gasteiger partial charge in [-0.2, -0.15) is 0 Å². The van der Waals surface area contributed by atoms with Gasteiger partial charge < -0.3 is 5.32 Å². The van der Waals surface area contributed by atoms with Crippen LogP contribution in [0.5, 0.6) is 0 Å². The fraction of sp³-hybridized carbons (Fsp3) is 0.529. The highest BCUT2D eigenvalue weighted by atomic mass is 35.5. The second-order valence-corrected chi connectivity index (χ2v) is 7.00. The number of hydroxylamine groups is 1.